The molecule has 130 valence electrons. The van der Waals surface area contributed by atoms with Gasteiger partial charge in [-0.25, -0.2) is 0 Å². The van der Waals surface area contributed by atoms with Crippen molar-refractivity contribution in [3.05, 3.63) is 0 Å². The zero-order chi connectivity index (χ0) is 16.8. The number of hydrogen-bond acceptors (Lipinski definition) is 3. The molecule has 1 fully saturated rings. The molecule has 0 radical (unpaired) electrons. The van der Waals surface area contributed by atoms with Crippen LogP contribution in [0.1, 0.15) is 46.0 Å². The number of amides is 1. The number of rotatable bonds is 7. The molecule has 22 heavy (non-hydrogen) atoms. The number of nitrogens with zero attached hydrogens (tertiary/aromatic N) is 1. The van der Waals surface area contributed by atoms with E-state index in [4.69, 9.17) is 0 Å². The maximum absolute atomic E-state index is 12.5. The maximum Gasteiger partial charge on any atom is 0.414 e. The molecule has 1 saturated heterocycles. The van der Waals surface area contributed by atoms with Gasteiger partial charge in [0.2, 0.25) is 5.91 Å². The first-order valence-corrected chi connectivity index (χ1v) is 8.04. The van der Waals surface area contributed by atoms with Crippen molar-refractivity contribution < 1.29 is 23.1 Å². The number of unbranched alkanes of at least 4 members (excludes halogenated alkanes) is 2. The van der Waals surface area contributed by atoms with Gasteiger partial charge in [-0.1, -0.05) is 19.8 Å². The SMILES string of the molecule is CCCCCNC(=O)C(C)N1CCC(C(O)C(F)(F)F)CC1. The van der Waals surface area contributed by atoms with Gasteiger partial charge in [0.05, 0.1) is 6.04 Å². The second-order valence-electron chi connectivity index (χ2n) is 6.03. The molecular formula is C15H27F3N2O2. The highest BCUT2D eigenvalue weighted by Gasteiger charge is 2.44. The van der Waals surface area contributed by atoms with Crippen molar-refractivity contribution in [3.63, 3.8) is 0 Å². The number of halogens is 3. The molecule has 0 aromatic heterocycles. The summed E-state index contributed by atoms with van der Waals surface area (Å²) in [6.07, 6.45) is -3.21. The lowest BCUT2D eigenvalue weighted by molar-refractivity contribution is -0.223. The summed E-state index contributed by atoms with van der Waals surface area (Å²) in [7, 11) is 0. The lowest BCUT2D eigenvalue weighted by Crippen LogP contribution is -2.50. The second-order valence-corrected chi connectivity index (χ2v) is 6.03. The molecule has 0 saturated carbocycles. The van der Waals surface area contributed by atoms with Gasteiger partial charge in [0.25, 0.3) is 0 Å². The summed E-state index contributed by atoms with van der Waals surface area (Å²) in [5.74, 6) is -0.845. The Morgan fingerprint density at radius 2 is 1.91 bits per heavy atom. The van der Waals surface area contributed by atoms with Crippen LogP contribution in [0, 0.1) is 5.92 Å². The highest BCUT2D eigenvalue weighted by Crippen LogP contribution is 2.31. The molecule has 2 unspecified atom stereocenters. The fraction of sp³-hybridized carbons (Fsp3) is 0.933. The van der Waals surface area contributed by atoms with Crippen LogP contribution >= 0.6 is 0 Å². The molecule has 4 nitrogen and oxygen atoms in total. The summed E-state index contributed by atoms with van der Waals surface area (Å²) in [6.45, 7) is 5.31. The molecule has 1 aliphatic heterocycles. The van der Waals surface area contributed by atoms with Crippen molar-refractivity contribution in [2.45, 2.75) is 64.3 Å². The molecule has 1 aliphatic rings. The molecule has 1 rings (SSSR count). The van der Waals surface area contributed by atoms with E-state index in [1.807, 2.05) is 4.90 Å². The number of hydrogen-bond donors (Lipinski definition) is 2. The van der Waals surface area contributed by atoms with Crippen molar-refractivity contribution in [1.29, 1.82) is 0 Å². The largest absolute Gasteiger partial charge is 0.414 e. The lowest BCUT2D eigenvalue weighted by atomic mass is 9.90. The standard InChI is InChI=1S/C15H27F3N2O2/c1-3-4-5-8-19-14(22)11(2)20-9-6-12(7-10-20)13(21)15(16,17)18/h11-13,21H,3-10H2,1-2H3,(H,19,22). The summed E-state index contributed by atoms with van der Waals surface area (Å²) in [6, 6.07) is -0.342. The smallest absolute Gasteiger partial charge is 0.383 e. The van der Waals surface area contributed by atoms with E-state index >= 15 is 0 Å². The number of alkyl halides is 3. The Labute approximate surface area is 130 Å². The summed E-state index contributed by atoms with van der Waals surface area (Å²) in [5.41, 5.74) is 0. The van der Waals surface area contributed by atoms with Crippen LogP contribution in [0.15, 0.2) is 0 Å². The number of carbonyl (C=O) groups excluding carboxylic acids is 1. The van der Waals surface area contributed by atoms with Gasteiger partial charge in [-0.15, -0.1) is 0 Å². The van der Waals surface area contributed by atoms with Gasteiger partial charge in [-0.05, 0) is 45.2 Å². The maximum atomic E-state index is 12.5. The minimum Gasteiger partial charge on any atom is -0.383 e. The van der Waals surface area contributed by atoms with Gasteiger partial charge < -0.3 is 10.4 Å². The lowest BCUT2D eigenvalue weighted by Gasteiger charge is -2.37. The highest BCUT2D eigenvalue weighted by atomic mass is 19.4. The Kier molecular flexibility index (Phi) is 7.62. The molecule has 0 aromatic carbocycles. The van der Waals surface area contributed by atoms with E-state index in [2.05, 4.69) is 12.2 Å². The van der Waals surface area contributed by atoms with Gasteiger partial charge in [0, 0.05) is 6.54 Å². The first-order valence-electron chi connectivity index (χ1n) is 8.04. The monoisotopic (exact) mass is 324 g/mol. The number of piperidine rings is 1. The van der Waals surface area contributed by atoms with Crippen LogP contribution in [0.3, 0.4) is 0 Å². The number of nitrogens with one attached hydrogen (secondary N) is 1. The van der Waals surface area contributed by atoms with E-state index < -0.39 is 18.2 Å². The highest BCUT2D eigenvalue weighted by molar-refractivity contribution is 5.81. The van der Waals surface area contributed by atoms with Crippen molar-refractivity contribution in [2.24, 2.45) is 5.92 Å². The Bertz CT molecular complexity index is 342. The molecule has 0 aromatic rings. The minimum atomic E-state index is -4.56. The predicted molar refractivity (Wildman–Crippen MR) is 78.4 cm³/mol. The first kappa shape index (κ1) is 19.2. The van der Waals surface area contributed by atoms with Crippen LogP contribution in [0.4, 0.5) is 13.2 Å². The normalized spacial score (nSPS) is 20.6. The van der Waals surface area contributed by atoms with E-state index in [1.54, 1.807) is 6.92 Å². The molecule has 0 bridgehead atoms. The van der Waals surface area contributed by atoms with Crippen LogP contribution in [-0.4, -0.2) is 53.9 Å². The number of likely N-dealkylation sites (tertiary alicyclic amines) is 1. The third-order valence-corrected chi connectivity index (χ3v) is 4.36. The van der Waals surface area contributed by atoms with Gasteiger partial charge in [-0.2, -0.15) is 13.2 Å². The van der Waals surface area contributed by atoms with Gasteiger partial charge >= 0.3 is 6.18 Å². The molecule has 0 spiro atoms. The predicted octanol–water partition coefficient (Wildman–Crippen LogP) is 2.32. The van der Waals surface area contributed by atoms with Gasteiger partial charge in [0.15, 0.2) is 6.10 Å². The van der Waals surface area contributed by atoms with E-state index in [0.29, 0.717) is 19.6 Å². The summed E-state index contributed by atoms with van der Waals surface area (Å²) in [5, 5.41) is 12.2. The number of aliphatic hydroxyl groups is 1. The molecule has 7 heteroatoms. The molecule has 1 heterocycles. The Morgan fingerprint density at radius 1 is 1.32 bits per heavy atom. The zero-order valence-corrected chi connectivity index (χ0v) is 13.3. The average molecular weight is 324 g/mol. The topological polar surface area (TPSA) is 52.6 Å². The van der Waals surface area contributed by atoms with Crippen molar-refractivity contribution in [1.82, 2.24) is 10.2 Å². The first-order chi connectivity index (χ1) is 10.3. The second kappa shape index (κ2) is 8.72. The van der Waals surface area contributed by atoms with Gasteiger partial charge in [0.1, 0.15) is 0 Å². The molecule has 0 aliphatic carbocycles. The fourth-order valence-electron chi connectivity index (χ4n) is 2.79. The van der Waals surface area contributed by atoms with Crippen LogP contribution in [0.5, 0.6) is 0 Å². The molecule has 2 atom stereocenters. The summed E-state index contributed by atoms with van der Waals surface area (Å²) >= 11 is 0. The van der Waals surface area contributed by atoms with Crippen molar-refractivity contribution in [2.75, 3.05) is 19.6 Å². The van der Waals surface area contributed by atoms with E-state index in [1.165, 1.54) is 0 Å². The van der Waals surface area contributed by atoms with Crippen LogP contribution in [0.2, 0.25) is 0 Å². The Morgan fingerprint density at radius 3 is 2.41 bits per heavy atom. The van der Waals surface area contributed by atoms with E-state index in [0.717, 1.165) is 19.3 Å². The van der Waals surface area contributed by atoms with E-state index in [-0.39, 0.29) is 24.8 Å². The summed E-state index contributed by atoms with van der Waals surface area (Å²) < 4.78 is 37.5. The third kappa shape index (κ3) is 5.76. The van der Waals surface area contributed by atoms with E-state index in [9.17, 15) is 23.1 Å². The Hall–Kier alpha value is -0.820. The number of aliphatic hydroxyl groups excluding tert-OH is 1. The van der Waals surface area contributed by atoms with Crippen LogP contribution < -0.4 is 5.32 Å². The third-order valence-electron chi connectivity index (χ3n) is 4.36. The zero-order valence-electron chi connectivity index (χ0n) is 13.3. The van der Waals surface area contributed by atoms with Crippen molar-refractivity contribution in [3.8, 4) is 0 Å². The van der Waals surface area contributed by atoms with Crippen LogP contribution in [0.25, 0.3) is 0 Å². The quantitative estimate of drug-likeness (QED) is 0.707. The Balaban J connectivity index is 2.35. The van der Waals surface area contributed by atoms with Gasteiger partial charge in [-0.3, -0.25) is 9.69 Å². The molecular weight excluding hydrogens is 297 g/mol. The minimum absolute atomic E-state index is 0.0778. The molecule has 1 amide bonds. The summed E-state index contributed by atoms with van der Waals surface area (Å²) in [4.78, 5) is 13.9. The van der Waals surface area contributed by atoms with Crippen molar-refractivity contribution >= 4 is 5.91 Å². The number of carbonyl (C=O) groups is 1. The fourth-order valence-corrected chi connectivity index (χ4v) is 2.79. The molecule has 2 N–H and O–H groups in total. The van der Waals surface area contributed by atoms with Crippen LogP contribution in [-0.2, 0) is 4.79 Å². The average Bonchev–Trinajstić information content (AvgIpc) is 2.49.